The molecule has 0 unspecified atom stereocenters. The molecule has 0 spiro atoms. The number of carbonyl (C=O) groups excluding carboxylic acids is 1. The fraction of sp³-hybridized carbons (Fsp3) is 0.529. The molecule has 0 atom stereocenters. The Morgan fingerprint density at radius 2 is 1.86 bits per heavy atom. The van der Waals surface area contributed by atoms with Crippen LogP contribution in [0.4, 0.5) is 5.69 Å². The summed E-state index contributed by atoms with van der Waals surface area (Å²) >= 11 is 0. The van der Waals surface area contributed by atoms with Gasteiger partial charge in [0, 0.05) is 12.1 Å². The minimum atomic E-state index is -0.975. The molecule has 1 aromatic rings. The molecule has 4 heteroatoms. The van der Waals surface area contributed by atoms with Crippen LogP contribution in [0.1, 0.15) is 68.3 Å². The number of nitrogens with one attached hydrogen (secondary N) is 1. The Balaban J connectivity index is 2.71. The van der Waals surface area contributed by atoms with Crippen LogP contribution in [0.15, 0.2) is 18.2 Å². The van der Waals surface area contributed by atoms with Gasteiger partial charge in [-0.3, -0.25) is 4.79 Å². The predicted molar refractivity (Wildman–Crippen MR) is 84.8 cm³/mol. The molecule has 0 radical (unpaired) electrons. The van der Waals surface area contributed by atoms with E-state index in [2.05, 4.69) is 19.2 Å². The molecule has 0 fully saturated rings. The van der Waals surface area contributed by atoms with Crippen LogP contribution >= 0.6 is 0 Å². The number of rotatable bonds is 9. The van der Waals surface area contributed by atoms with E-state index >= 15 is 0 Å². The number of aryl methyl sites for hydroxylation is 1. The van der Waals surface area contributed by atoms with Gasteiger partial charge in [0.15, 0.2) is 0 Å². The van der Waals surface area contributed by atoms with E-state index < -0.39 is 5.97 Å². The Bertz CT molecular complexity index is 483. The molecule has 116 valence electrons. The monoisotopic (exact) mass is 291 g/mol. The van der Waals surface area contributed by atoms with E-state index in [0.29, 0.717) is 12.1 Å². The Kier molecular flexibility index (Phi) is 7.51. The van der Waals surface area contributed by atoms with Gasteiger partial charge in [-0.05, 0) is 30.5 Å². The molecule has 0 aromatic heterocycles. The lowest BCUT2D eigenvalue weighted by Gasteiger charge is -2.11. The zero-order valence-electron chi connectivity index (χ0n) is 12.9. The van der Waals surface area contributed by atoms with Crippen LogP contribution in [0.3, 0.4) is 0 Å². The van der Waals surface area contributed by atoms with E-state index in [1.165, 1.54) is 0 Å². The normalized spacial score (nSPS) is 10.4. The molecule has 0 bridgehead atoms. The smallest absolute Gasteiger partial charge is 0.335 e. The molecule has 21 heavy (non-hydrogen) atoms. The summed E-state index contributed by atoms with van der Waals surface area (Å²) in [6.07, 6.45) is 6.48. The summed E-state index contributed by atoms with van der Waals surface area (Å²) in [5.74, 6) is -1.01. The van der Waals surface area contributed by atoms with Crippen molar-refractivity contribution >= 4 is 17.6 Å². The fourth-order valence-corrected chi connectivity index (χ4v) is 2.24. The standard InChI is InChI=1S/C17H25NO3/c1-3-5-6-7-9-16(19)18-15-12-14(17(20)21)11-10-13(15)8-4-2/h10-12H,3-9H2,1-2H3,(H,18,19)(H,20,21). The van der Waals surface area contributed by atoms with Crippen LogP contribution in [0, 0.1) is 0 Å². The highest BCUT2D eigenvalue weighted by molar-refractivity contribution is 5.94. The molecule has 0 aliphatic carbocycles. The fourth-order valence-electron chi connectivity index (χ4n) is 2.24. The Morgan fingerprint density at radius 1 is 1.10 bits per heavy atom. The Morgan fingerprint density at radius 3 is 2.48 bits per heavy atom. The highest BCUT2D eigenvalue weighted by Crippen LogP contribution is 2.20. The maximum atomic E-state index is 12.0. The van der Waals surface area contributed by atoms with E-state index in [-0.39, 0.29) is 11.5 Å². The quantitative estimate of drug-likeness (QED) is 0.668. The van der Waals surface area contributed by atoms with E-state index in [0.717, 1.165) is 44.1 Å². The summed E-state index contributed by atoms with van der Waals surface area (Å²) < 4.78 is 0. The molecule has 1 aromatic carbocycles. The van der Waals surface area contributed by atoms with Crippen molar-refractivity contribution in [1.29, 1.82) is 0 Å². The highest BCUT2D eigenvalue weighted by atomic mass is 16.4. The van der Waals surface area contributed by atoms with Crippen molar-refractivity contribution in [3.05, 3.63) is 29.3 Å². The van der Waals surface area contributed by atoms with Gasteiger partial charge in [-0.1, -0.05) is 45.6 Å². The van der Waals surface area contributed by atoms with Crippen LogP contribution in [-0.2, 0) is 11.2 Å². The van der Waals surface area contributed by atoms with Gasteiger partial charge in [0.25, 0.3) is 0 Å². The number of anilines is 1. The van der Waals surface area contributed by atoms with Gasteiger partial charge in [0.1, 0.15) is 0 Å². The minimum Gasteiger partial charge on any atom is -0.478 e. The first kappa shape index (κ1) is 17.2. The second kappa shape index (κ2) is 9.16. The van der Waals surface area contributed by atoms with Crippen molar-refractivity contribution in [2.24, 2.45) is 0 Å². The van der Waals surface area contributed by atoms with Crippen molar-refractivity contribution in [2.75, 3.05) is 5.32 Å². The van der Waals surface area contributed by atoms with Gasteiger partial charge in [0.2, 0.25) is 5.91 Å². The summed E-state index contributed by atoms with van der Waals surface area (Å²) in [7, 11) is 0. The zero-order chi connectivity index (χ0) is 15.7. The lowest BCUT2D eigenvalue weighted by atomic mass is 10.0. The molecule has 2 N–H and O–H groups in total. The Labute approximate surface area is 126 Å². The van der Waals surface area contributed by atoms with Gasteiger partial charge >= 0.3 is 5.97 Å². The third-order valence-electron chi connectivity index (χ3n) is 3.41. The lowest BCUT2D eigenvalue weighted by molar-refractivity contribution is -0.116. The second-order valence-electron chi connectivity index (χ2n) is 5.29. The number of aromatic carboxylic acids is 1. The van der Waals surface area contributed by atoms with E-state index in [4.69, 9.17) is 5.11 Å². The molecular formula is C17H25NO3. The minimum absolute atomic E-state index is 0.0361. The van der Waals surface area contributed by atoms with Gasteiger partial charge in [-0.25, -0.2) is 4.79 Å². The summed E-state index contributed by atoms with van der Waals surface area (Å²) in [5, 5.41) is 11.9. The number of carboxylic acids is 1. The van der Waals surface area contributed by atoms with E-state index in [1.807, 2.05) is 0 Å². The summed E-state index contributed by atoms with van der Waals surface area (Å²) in [4.78, 5) is 23.0. The first-order valence-electron chi connectivity index (χ1n) is 7.74. The van der Waals surface area contributed by atoms with Crippen LogP contribution in [0.5, 0.6) is 0 Å². The number of carbonyl (C=O) groups is 2. The van der Waals surface area contributed by atoms with Gasteiger partial charge in [-0.2, -0.15) is 0 Å². The summed E-state index contributed by atoms with van der Waals surface area (Å²) in [6, 6.07) is 4.93. The van der Waals surface area contributed by atoms with Gasteiger partial charge in [0.05, 0.1) is 5.56 Å². The highest BCUT2D eigenvalue weighted by Gasteiger charge is 2.10. The first-order chi connectivity index (χ1) is 10.1. The van der Waals surface area contributed by atoms with Crippen molar-refractivity contribution < 1.29 is 14.7 Å². The second-order valence-corrected chi connectivity index (χ2v) is 5.29. The molecule has 0 saturated carbocycles. The van der Waals surface area contributed by atoms with Crippen molar-refractivity contribution in [2.45, 2.75) is 58.8 Å². The largest absolute Gasteiger partial charge is 0.478 e. The number of hydrogen-bond acceptors (Lipinski definition) is 2. The number of benzene rings is 1. The molecule has 1 amide bonds. The van der Waals surface area contributed by atoms with Crippen molar-refractivity contribution in [3.8, 4) is 0 Å². The topological polar surface area (TPSA) is 66.4 Å². The number of hydrogen-bond donors (Lipinski definition) is 2. The molecule has 1 rings (SSSR count). The van der Waals surface area contributed by atoms with Crippen LogP contribution in [0.25, 0.3) is 0 Å². The average molecular weight is 291 g/mol. The molecule has 4 nitrogen and oxygen atoms in total. The Hall–Kier alpha value is -1.84. The maximum Gasteiger partial charge on any atom is 0.335 e. The van der Waals surface area contributed by atoms with E-state index in [1.54, 1.807) is 18.2 Å². The van der Waals surface area contributed by atoms with Crippen LogP contribution in [-0.4, -0.2) is 17.0 Å². The van der Waals surface area contributed by atoms with Crippen molar-refractivity contribution in [3.63, 3.8) is 0 Å². The van der Waals surface area contributed by atoms with Crippen LogP contribution in [0.2, 0.25) is 0 Å². The lowest BCUT2D eigenvalue weighted by Crippen LogP contribution is -2.13. The molecule has 0 heterocycles. The first-order valence-corrected chi connectivity index (χ1v) is 7.74. The molecule has 0 aliphatic rings. The molecule has 0 saturated heterocycles. The number of carboxylic acid groups (broad SMARTS) is 1. The van der Waals surface area contributed by atoms with Crippen molar-refractivity contribution in [1.82, 2.24) is 0 Å². The summed E-state index contributed by atoms with van der Waals surface area (Å²) in [6.45, 7) is 4.19. The predicted octanol–water partition coefficient (Wildman–Crippen LogP) is 4.25. The summed E-state index contributed by atoms with van der Waals surface area (Å²) in [5.41, 5.74) is 1.83. The zero-order valence-corrected chi connectivity index (χ0v) is 12.9. The third kappa shape index (κ3) is 5.98. The third-order valence-corrected chi connectivity index (χ3v) is 3.41. The molecular weight excluding hydrogens is 266 g/mol. The SMILES string of the molecule is CCCCCCC(=O)Nc1cc(C(=O)O)ccc1CCC. The van der Waals surface area contributed by atoms with Gasteiger partial charge < -0.3 is 10.4 Å². The van der Waals surface area contributed by atoms with Gasteiger partial charge in [-0.15, -0.1) is 0 Å². The maximum absolute atomic E-state index is 12.0. The van der Waals surface area contributed by atoms with Crippen LogP contribution < -0.4 is 5.32 Å². The molecule has 0 aliphatic heterocycles. The number of amides is 1. The van der Waals surface area contributed by atoms with E-state index in [9.17, 15) is 9.59 Å². The average Bonchev–Trinajstić information content (AvgIpc) is 2.45. The number of unbranched alkanes of at least 4 members (excludes halogenated alkanes) is 3.